The molecule has 9 nitrogen and oxygen atoms in total. The van der Waals surface area contributed by atoms with Crippen LogP contribution in [-0.2, 0) is 34.0 Å². The zero-order valence-corrected chi connectivity index (χ0v) is 15.7. The van der Waals surface area contributed by atoms with Crippen LogP contribution in [0, 0.1) is 0 Å². The van der Waals surface area contributed by atoms with Crippen molar-refractivity contribution in [1.82, 2.24) is 20.1 Å². The number of aliphatic carboxylic acids is 1. The first-order valence-electron chi connectivity index (χ1n) is 8.55. The highest BCUT2D eigenvalue weighted by molar-refractivity contribution is 5.91. The summed E-state index contributed by atoms with van der Waals surface area (Å²) in [6.45, 7) is 4.58. The van der Waals surface area contributed by atoms with Crippen molar-refractivity contribution in [3.05, 3.63) is 41.0 Å². The van der Waals surface area contributed by atoms with E-state index in [1.165, 1.54) is 7.11 Å². The number of nitrogens with zero attached hydrogens (tertiary/aromatic N) is 2. The number of hydrogen-bond acceptors (Lipinski definition) is 6. The number of aromatic amines is 1. The van der Waals surface area contributed by atoms with Crippen LogP contribution in [0.1, 0.15) is 40.4 Å². The third-order valence-electron chi connectivity index (χ3n) is 4.22. The Hall–Kier alpha value is -2.86. The standard InChI is InChI=1S/C15H20N4O3.C2HF3O2/c1-10(13-3-4-17-18-13)16-8-11-7-12(15(20)21-2)14-9-22-6-5-19(11)14;3-2(4,5)1(6)7/h3-4,7,10,16H,5-6,8-9H2,1-2H3,(H,17,18);(H,6,7). The summed E-state index contributed by atoms with van der Waals surface area (Å²) in [6, 6.07) is 3.98. The number of esters is 1. The van der Waals surface area contributed by atoms with E-state index in [0.717, 1.165) is 23.6 Å². The minimum atomic E-state index is -5.08. The summed E-state index contributed by atoms with van der Waals surface area (Å²) in [4.78, 5) is 20.8. The zero-order valence-electron chi connectivity index (χ0n) is 15.7. The number of carboxylic acid groups (broad SMARTS) is 1. The highest BCUT2D eigenvalue weighted by atomic mass is 19.4. The molecule has 2 aromatic rings. The van der Waals surface area contributed by atoms with Gasteiger partial charge in [0.05, 0.1) is 37.3 Å². The molecular formula is C17H21F3N4O5. The van der Waals surface area contributed by atoms with Gasteiger partial charge >= 0.3 is 18.1 Å². The van der Waals surface area contributed by atoms with E-state index in [9.17, 15) is 18.0 Å². The lowest BCUT2D eigenvalue weighted by molar-refractivity contribution is -0.192. The molecular weight excluding hydrogens is 397 g/mol. The normalized spacial score (nSPS) is 14.4. The number of hydrogen-bond donors (Lipinski definition) is 3. The van der Waals surface area contributed by atoms with Gasteiger partial charge in [-0.15, -0.1) is 0 Å². The second-order valence-corrected chi connectivity index (χ2v) is 6.11. The van der Waals surface area contributed by atoms with Crippen molar-refractivity contribution in [2.75, 3.05) is 13.7 Å². The first-order chi connectivity index (χ1) is 13.6. The molecule has 0 bridgehead atoms. The van der Waals surface area contributed by atoms with Crippen LogP contribution in [0.2, 0.25) is 0 Å². The number of fused-ring (bicyclic) bond motifs is 1. The minimum absolute atomic E-state index is 0.148. The monoisotopic (exact) mass is 418 g/mol. The number of carbonyl (C=O) groups excluding carboxylic acids is 1. The van der Waals surface area contributed by atoms with Gasteiger partial charge in [-0.3, -0.25) is 5.10 Å². The van der Waals surface area contributed by atoms with E-state index in [4.69, 9.17) is 19.4 Å². The maximum atomic E-state index is 11.9. The van der Waals surface area contributed by atoms with E-state index >= 15 is 0 Å². The molecule has 3 heterocycles. The molecule has 0 saturated carbocycles. The fourth-order valence-corrected chi connectivity index (χ4v) is 2.71. The number of halogens is 3. The van der Waals surface area contributed by atoms with Crippen LogP contribution in [0.3, 0.4) is 0 Å². The van der Waals surface area contributed by atoms with Gasteiger partial charge in [0.1, 0.15) is 0 Å². The topological polar surface area (TPSA) is 118 Å². The molecule has 1 aliphatic heterocycles. The average molecular weight is 418 g/mol. The van der Waals surface area contributed by atoms with Crippen molar-refractivity contribution in [2.24, 2.45) is 0 Å². The number of H-pyrrole nitrogens is 1. The molecule has 12 heteroatoms. The number of aromatic nitrogens is 3. The average Bonchev–Trinajstić information content (AvgIpc) is 3.34. The van der Waals surface area contributed by atoms with Gasteiger partial charge in [-0.2, -0.15) is 18.3 Å². The number of nitrogens with one attached hydrogen (secondary N) is 2. The van der Waals surface area contributed by atoms with E-state index in [-0.39, 0.29) is 12.0 Å². The Balaban J connectivity index is 0.000000370. The van der Waals surface area contributed by atoms with Crippen LogP contribution in [0.4, 0.5) is 13.2 Å². The predicted octanol–water partition coefficient (Wildman–Crippen LogP) is 2.01. The summed E-state index contributed by atoms with van der Waals surface area (Å²) in [7, 11) is 1.40. The first kappa shape index (κ1) is 22.4. The summed E-state index contributed by atoms with van der Waals surface area (Å²) < 4.78 is 44.2. The van der Waals surface area contributed by atoms with Crippen LogP contribution in [0.25, 0.3) is 0 Å². The van der Waals surface area contributed by atoms with E-state index < -0.39 is 12.1 Å². The van der Waals surface area contributed by atoms with E-state index in [2.05, 4.69) is 27.0 Å². The molecule has 0 aliphatic carbocycles. The Labute approximate surface area is 163 Å². The molecule has 3 N–H and O–H groups in total. The smallest absolute Gasteiger partial charge is 0.475 e. The maximum absolute atomic E-state index is 11.9. The van der Waals surface area contributed by atoms with Gasteiger partial charge in [-0.05, 0) is 19.1 Å². The Morgan fingerprint density at radius 2 is 2.17 bits per heavy atom. The van der Waals surface area contributed by atoms with Gasteiger partial charge in [-0.1, -0.05) is 0 Å². The molecule has 29 heavy (non-hydrogen) atoms. The van der Waals surface area contributed by atoms with Crippen molar-refractivity contribution in [1.29, 1.82) is 0 Å². The third-order valence-corrected chi connectivity index (χ3v) is 4.22. The number of carboxylic acids is 1. The molecule has 0 radical (unpaired) electrons. The Kier molecular flexibility index (Phi) is 7.40. The first-order valence-corrected chi connectivity index (χ1v) is 8.55. The lowest BCUT2D eigenvalue weighted by atomic mass is 10.2. The van der Waals surface area contributed by atoms with Gasteiger partial charge in [0.15, 0.2) is 0 Å². The predicted molar refractivity (Wildman–Crippen MR) is 93.0 cm³/mol. The molecule has 1 atom stereocenters. The van der Waals surface area contributed by atoms with Crippen LogP contribution in [0.15, 0.2) is 18.3 Å². The van der Waals surface area contributed by atoms with Crippen molar-refractivity contribution in [3.63, 3.8) is 0 Å². The van der Waals surface area contributed by atoms with Crippen molar-refractivity contribution in [2.45, 2.75) is 38.8 Å². The SMILES string of the molecule is COC(=O)c1cc(CNC(C)c2ccn[nH]2)n2c1COCC2.O=C(O)C(F)(F)F. The molecule has 0 saturated heterocycles. The largest absolute Gasteiger partial charge is 0.490 e. The maximum Gasteiger partial charge on any atom is 0.490 e. The summed E-state index contributed by atoms with van der Waals surface area (Å²) in [5.41, 5.74) is 3.57. The minimum Gasteiger partial charge on any atom is -0.475 e. The highest BCUT2D eigenvalue weighted by Gasteiger charge is 2.38. The van der Waals surface area contributed by atoms with E-state index in [0.29, 0.717) is 25.3 Å². The fraction of sp³-hybridized carbons (Fsp3) is 0.471. The van der Waals surface area contributed by atoms with Gasteiger partial charge < -0.3 is 24.5 Å². The third kappa shape index (κ3) is 5.81. The number of alkyl halides is 3. The van der Waals surface area contributed by atoms with Gasteiger partial charge in [-0.25, -0.2) is 9.59 Å². The molecule has 0 amide bonds. The van der Waals surface area contributed by atoms with Gasteiger partial charge in [0, 0.05) is 31.0 Å². The molecule has 160 valence electrons. The Bertz CT molecular complexity index is 833. The zero-order chi connectivity index (χ0) is 21.6. The van der Waals surface area contributed by atoms with Crippen molar-refractivity contribution < 1.29 is 37.3 Å². The Morgan fingerprint density at radius 1 is 1.48 bits per heavy atom. The molecule has 1 unspecified atom stereocenters. The second kappa shape index (κ2) is 9.56. The van der Waals surface area contributed by atoms with Crippen LogP contribution in [0.5, 0.6) is 0 Å². The summed E-state index contributed by atoms with van der Waals surface area (Å²) in [5.74, 6) is -3.07. The van der Waals surface area contributed by atoms with E-state index in [1.54, 1.807) is 6.20 Å². The highest BCUT2D eigenvalue weighted by Crippen LogP contribution is 2.22. The van der Waals surface area contributed by atoms with Crippen LogP contribution >= 0.6 is 0 Å². The number of carbonyl (C=O) groups is 2. The summed E-state index contributed by atoms with van der Waals surface area (Å²) in [6.07, 6.45) is -3.35. The van der Waals surface area contributed by atoms with Crippen molar-refractivity contribution in [3.8, 4) is 0 Å². The molecule has 0 fully saturated rings. The quantitative estimate of drug-likeness (QED) is 0.636. The molecule has 0 aromatic carbocycles. The number of methoxy groups -OCH3 is 1. The second-order valence-electron chi connectivity index (χ2n) is 6.11. The fourth-order valence-electron chi connectivity index (χ4n) is 2.71. The molecule has 3 rings (SSSR count). The molecule has 2 aromatic heterocycles. The lowest BCUT2D eigenvalue weighted by Gasteiger charge is -2.20. The number of rotatable bonds is 5. The number of ether oxygens (including phenoxy) is 2. The van der Waals surface area contributed by atoms with Gasteiger partial charge in [0.2, 0.25) is 0 Å². The molecule has 1 aliphatic rings. The summed E-state index contributed by atoms with van der Waals surface area (Å²) >= 11 is 0. The van der Waals surface area contributed by atoms with Crippen LogP contribution in [-0.4, -0.2) is 51.7 Å². The summed E-state index contributed by atoms with van der Waals surface area (Å²) in [5, 5.41) is 17.5. The lowest BCUT2D eigenvalue weighted by Crippen LogP contribution is -2.24. The van der Waals surface area contributed by atoms with Gasteiger partial charge in [0.25, 0.3) is 0 Å². The van der Waals surface area contributed by atoms with Crippen LogP contribution < -0.4 is 5.32 Å². The Morgan fingerprint density at radius 3 is 2.72 bits per heavy atom. The van der Waals surface area contributed by atoms with E-state index in [1.807, 2.05) is 12.1 Å². The molecule has 0 spiro atoms. The van der Waals surface area contributed by atoms with Crippen molar-refractivity contribution >= 4 is 11.9 Å².